The van der Waals surface area contributed by atoms with Crippen LogP contribution in [-0.2, 0) is 0 Å². The Labute approximate surface area is 130 Å². The molecule has 2 atom stereocenters. The number of hydrogen-bond acceptors (Lipinski definition) is 4. The monoisotopic (exact) mass is 295 g/mol. The number of benzene rings is 1. The van der Waals surface area contributed by atoms with Gasteiger partial charge in [-0.25, -0.2) is 0 Å². The van der Waals surface area contributed by atoms with Gasteiger partial charge in [-0.1, -0.05) is 26.8 Å². The third kappa shape index (κ3) is 3.25. The van der Waals surface area contributed by atoms with Crippen LogP contribution in [-0.4, -0.2) is 27.3 Å². The minimum Gasteiger partial charge on any atom is -0.506 e. The number of aliphatic hydroxyl groups is 1. The lowest BCUT2D eigenvalue weighted by Crippen LogP contribution is -2.39. The molecule has 1 aromatic carbocycles. The van der Waals surface area contributed by atoms with Crippen LogP contribution in [0.25, 0.3) is 10.9 Å². The van der Waals surface area contributed by atoms with Gasteiger partial charge in [0.25, 0.3) is 0 Å². The van der Waals surface area contributed by atoms with Gasteiger partial charge in [0.2, 0.25) is 5.56 Å². The van der Waals surface area contributed by atoms with E-state index in [9.17, 15) is 15.0 Å². The van der Waals surface area contributed by atoms with Crippen molar-refractivity contribution in [1.82, 2.24) is 10.3 Å². The molecule has 2 rings (SSSR count). The lowest BCUT2D eigenvalue weighted by atomic mass is 9.95. The van der Waals surface area contributed by atoms with E-state index in [0.717, 1.165) is 0 Å². The highest BCUT2D eigenvalue weighted by Crippen LogP contribution is 2.30. The van der Waals surface area contributed by atoms with Crippen LogP contribution in [0, 0.1) is 0 Å². The van der Waals surface area contributed by atoms with Crippen molar-refractivity contribution in [2.75, 3.05) is 0 Å². The Morgan fingerprint density at radius 3 is 2.81 bits per heavy atom. The van der Waals surface area contributed by atoms with E-state index in [1.54, 1.807) is 13.8 Å². The van der Waals surface area contributed by atoms with Gasteiger partial charge < -0.3 is 20.5 Å². The minimum atomic E-state index is -2.97. The van der Waals surface area contributed by atoms with Crippen LogP contribution in [0.15, 0.2) is 29.1 Å². The van der Waals surface area contributed by atoms with Crippen molar-refractivity contribution >= 4 is 10.9 Å². The summed E-state index contributed by atoms with van der Waals surface area (Å²) in [6.45, 7) is 0.449. The fraction of sp³-hybridized carbons (Fsp3) is 0.438. The fourth-order valence-corrected chi connectivity index (χ4v) is 2.27. The third-order valence-corrected chi connectivity index (χ3v) is 3.21. The van der Waals surface area contributed by atoms with Gasteiger partial charge in [0.1, 0.15) is 5.75 Å². The maximum atomic E-state index is 11.5. The molecule has 4 N–H and O–H groups in total. The average molecular weight is 295 g/mol. The minimum absolute atomic E-state index is 0.0896. The molecule has 1 heterocycles. The Balaban J connectivity index is 2.63. The summed E-state index contributed by atoms with van der Waals surface area (Å²) in [7, 11) is 0. The summed E-state index contributed by atoms with van der Waals surface area (Å²) in [5, 5.41) is 23.9. The van der Waals surface area contributed by atoms with Crippen LogP contribution >= 0.6 is 0 Å². The number of phenols is 1. The zero-order valence-electron chi connectivity index (χ0n) is 16.8. The molecule has 114 valence electrons. The van der Waals surface area contributed by atoms with Crippen LogP contribution in [0.1, 0.15) is 45.6 Å². The molecule has 0 radical (unpaired) electrons. The highest BCUT2D eigenvalue weighted by Gasteiger charge is 2.22. The van der Waals surface area contributed by atoms with Gasteiger partial charge in [0, 0.05) is 30.4 Å². The Morgan fingerprint density at radius 2 is 2.14 bits per heavy atom. The maximum Gasteiger partial charge on any atom is 0.248 e. The predicted octanol–water partition coefficient (Wildman–Crippen LogP) is 2.04. The molecule has 0 amide bonds. The molecule has 0 aliphatic rings. The van der Waals surface area contributed by atoms with E-state index >= 15 is 0 Å². The SMILES string of the molecule is [2H]C([2H])([2H])C([2H])([2H])C(NC(C)C)C(O)c1ccc(O)c2[nH]c(=O)ccc12. The number of aromatic nitrogens is 1. The molecule has 2 unspecified atom stereocenters. The van der Waals surface area contributed by atoms with Crippen molar-refractivity contribution in [3.05, 3.63) is 40.2 Å². The van der Waals surface area contributed by atoms with Gasteiger partial charge in [-0.15, -0.1) is 0 Å². The first-order valence-corrected chi connectivity index (χ1v) is 6.65. The first kappa shape index (κ1) is 9.97. The van der Waals surface area contributed by atoms with Gasteiger partial charge in [0.15, 0.2) is 0 Å². The second-order valence-corrected chi connectivity index (χ2v) is 5.17. The molecule has 0 fully saturated rings. The van der Waals surface area contributed by atoms with E-state index in [1.165, 1.54) is 24.3 Å². The first-order chi connectivity index (χ1) is 11.9. The highest BCUT2D eigenvalue weighted by molar-refractivity contribution is 5.87. The third-order valence-electron chi connectivity index (χ3n) is 3.21. The zero-order valence-corrected chi connectivity index (χ0v) is 11.8. The standard InChI is InChI=1S/C16H22N2O3/c1-4-12(17-9(2)3)16(21)11-5-7-13(19)15-10(11)6-8-14(20)18-15/h5-9,12,16-17,19,21H,4H2,1-3H3,(H,18,20)/i1D3,4D2. The van der Waals surface area contributed by atoms with E-state index < -0.39 is 30.9 Å². The van der Waals surface area contributed by atoms with Crippen molar-refractivity contribution in [3.8, 4) is 5.75 Å². The van der Waals surface area contributed by atoms with Gasteiger partial charge in [-0.3, -0.25) is 4.79 Å². The summed E-state index contributed by atoms with van der Waals surface area (Å²) in [6.07, 6.45) is -4.27. The number of aromatic amines is 1. The van der Waals surface area contributed by atoms with E-state index in [-0.39, 0.29) is 22.9 Å². The molecule has 1 aromatic heterocycles. The molecule has 21 heavy (non-hydrogen) atoms. The quantitative estimate of drug-likeness (QED) is 0.680. The topological polar surface area (TPSA) is 85.3 Å². The number of rotatable bonds is 5. The zero-order chi connectivity index (χ0) is 19.9. The van der Waals surface area contributed by atoms with Crippen molar-refractivity contribution in [3.63, 3.8) is 0 Å². The normalized spacial score (nSPS) is 19.3. The number of fused-ring (bicyclic) bond motifs is 1. The van der Waals surface area contributed by atoms with E-state index in [4.69, 9.17) is 6.85 Å². The van der Waals surface area contributed by atoms with Crippen LogP contribution in [0.4, 0.5) is 0 Å². The summed E-state index contributed by atoms with van der Waals surface area (Å²) in [5.41, 5.74) is -0.166. The lowest BCUT2D eigenvalue weighted by Gasteiger charge is -2.26. The Bertz CT molecular complexity index is 848. The molecule has 5 nitrogen and oxygen atoms in total. The average Bonchev–Trinajstić information content (AvgIpc) is 2.51. The van der Waals surface area contributed by atoms with Crippen molar-refractivity contribution in [2.24, 2.45) is 0 Å². The van der Waals surface area contributed by atoms with Crippen LogP contribution in [0.3, 0.4) is 0 Å². The number of aliphatic hydroxyl groups excluding tert-OH is 1. The fourth-order valence-electron chi connectivity index (χ4n) is 2.27. The van der Waals surface area contributed by atoms with Crippen molar-refractivity contribution in [2.45, 2.75) is 45.3 Å². The van der Waals surface area contributed by atoms with Crippen LogP contribution in [0.2, 0.25) is 0 Å². The molecule has 0 aliphatic carbocycles. The van der Waals surface area contributed by atoms with Gasteiger partial charge in [-0.2, -0.15) is 0 Å². The predicted molar refractivity (Wildman–Crippen MR) is 83.5 cm³/mol. The van der Waals surface area contributed by atoms with Gasteiger partial charge in [0.05, 0.1) is 11.6 Å². The summed E-state index contributed by atoms with van der Waals surface area (Å²) in [6, 6.07) is 3.50. The molecule has 0 saturated heterocycles. The first-order valence-electron chi connectivity index (χ1n) is 9.15. The van der Waals surface area contributed by atoms with Crippen LogP contribution < -0.4 is 10.9 Å². The molecule has 2 aromatic rings. The summed E-state index contributed by atoms with van der Waals surface area (Å²) in [4.78, 5) is 14.0. The molecular formula is C16H22N2O3. The second-order valence-electron chi connectivity index (χ2n) is 5.17. The number of H-pyrrole nitrogens is 1. The van der Waals surface area contributed by atoms with Crippen molar-refractivity contribution < 1.29 is 17.1 Å². The maximum absolute atomic E-state index is 11.5. The van der Waals surface area contributed by atoms with Crippen molar-refractivity contribution in [1.29, 1.82) is 0 Å². The molecule has 0 bridgehead atoms. The molecule has 0 spiro atoms. The van der Waals surface area contributed by atoms with Gasteiger partial charge >= 0.3 is 0 Å². The Hall–Kier alpha value is -1.85. The number of hydrogen-bond donors (Lipinski definition) is 4. The number of phenolic OH excluding ortho intramolecular Hbond substituents is 1. The number of nitrogens with one attached hydrogen (secondary N) is 2. The van der Waals surface area contributed by atoms with E-state index in [1.807, 2.05) is 0 Å². The molecule has 5 heteroatoms. The lowest BCUT2D eigenvalue weighted by molar-refractivity contribution is 0.123. The molecule has 0 aliphatic heterocycles. The summed E-state index contributed by atoms with van der Waals surface area (Å²) >= 11 is 0. The summed E-state index contributed by atoms with van der Waals surface area (Å²) < 4.78 is 38.7. The second kappa shape index (κ2) is 6.28. The molecular weight excluding hydrogens is 268 g/mol. The summed E-state index contributed by atoms with van der Waals surface area (Å²) in [5.74, 6) is -0.208. The highest BCUT2D eigenvalue weighted by atomic mass is 16.3. The van der Waals surface area contributed by atoms with Crippen LogP contribution in [0.5, 0.6) is 5.75 Å². The molecule has 0 saturated carbocycles. The Morgan fingerprint density at radius 1 is 1.38 bits per heavy atom. The largest absolute Gasteiger partial charge is 0.506 e. The smallest absolute Gasteiger partial charge is 0.248 e. The van der Waals surface area contributed by atoms with Gasteiger partial charge in [-0.05, 0) is 24.1 Å². The Kier molecular flexibility index (Phi) is 2.98. The number of aromatic hydroxyl groups is 1. The van der Waals surface area contributed by atoms with E-state index in [0.29, 0.717) is 5.39 Å². The van der Waals surface area contributed by atoms with E-state index in [2.05, 4.69) is 10.3 Å². The number of pyridine rings is 1.